The number of aromatic nitrogens is 1. The molecule has 1 atom stereocenters. The molecule has 1 saturated heterocycles. The Bertz CT molecular complexity index is 927. The van der Waals surface area contributed by atoms with Crippen molar-refractivity contribution >= 4 is 23.9 Å². The van der Waals surface area contributed by atoms with E-state index in [1.54, 1.807) is 48.8 Å². The van der Waals surface area contributed by atoms with Crippen LogP contribution in [0.3, 0.4) is 0 Å². The van der Waals surface area contributed by atoms with Crippen LogP contribution in [-0.2, 0) is 25.7 Å². The van der Waals surface area contributed by atoms with Crippen LogP contribution >= 0.6 is 0 Å². The second kappa shape index (κ2) is 12.2. The zero-order valence-electron chi connectivity index (χ0n) is 17.5. The summed E-state index contributed by atoms with van der Waals surface area (Å²) in [5.74, 6) is -1.35. The second-order valence-corrected chi connectivity index (χ2v) is 7.03. The van der Waals surface area contributed by atoms with Gasteiger partial charge < -0.3 is 20.1 Å². The third-order valence-electron chi connectivity index (χ3n) is 4.59. The molecule has 3 N–H and O–H groups in total. The van der Waals surface area contributed by atoms with Crippen LogP contribution in [0.5, 0.6) is 5.75 Å². The van der Waals surface area contributed by atoms with Crippen LogP contribution in [-0.4, -0.2) is 54.8 Å². The fourth-order valence-electron chi connectivity index (χ4n) is 2.86. The van der Waals surface area contributed by atoms with Gasteiger partial charge in [-0.3, -0.25) is 19.4 Å². The van der Waals surface area contributed by atoms with Crippen LogP contribution in [0.25, 0.3) is 0 Å². The lowest BCUT2D eigenvalue weighted by Crippen LogP contribution is -2.37. The molecule has 10 nitrogen and oxygen atoms in total. The van der Waals surface area contributed by atoms with Crippen molar-refractivity contribution in [2.75, 3.05) is 19.8 Å². The van der Waals surface area contributed by atoms with Gasteiger partial charge in [0.1, 0.15) is 5.75 Å². The topological polar surface area (TPSA) is 131 Å². The molecule has 2 heterocycles. The summed E-state index contributed by atoms with van der Waals surface area (Å²) in [6.07, 6.45) is 6.67. The Hall–Kier alpha value is -3.79. The first kappa shape index (κ1) is 22.9. The molecule has 0 spiro atoms. The molecule has 1 aliphatic heterocycles. The van der Waals surface area contributed by atoms with Gasteiger partial charge in [0.15, 0.2) is 6.61 Å². The van der Waals surface area contributed by atoms with Crippen LogP contribution in [0.1, 0.15) is 24.0 Å². The quantitative estimate of drug-likeness (QED) is 0.297. The van der Waals surface area contributed by atoms with Crippen molar-refractivity contribution in [3.8, 4) is 5.75 Å². The summed E-state index contributed by atoms with van der Waals surface area (Å²) in [6.45, 7) is 1.36. The first-order valence-corrected chi connectivity index (χ1v) is 10.2. The molecule has 0 radical (unpaired) electrons. The molecule has 0 unspecified atom stereocenters. The maximum atomic E-state index is 11.8. The van der Waals surface area contributed by atoms with Crippen molar-refractivity contribution < 1.29 is 23.9 Å². The highest BCUT2D eigenvalue weighted by Crippen LogP contribution is 2.12. The lowest BCUT2D eigenvalue weighted by atomic mass is 10.2. The minimum atomic E-state index is -0.871. The molecule has 1 aromatic heterocycles. The van der Waals surface area contributed by atoms with E-state index in [2.05, 4.69) is 26.1 Å². The molecule has 0 saturated carbocycles. The Morgan fingerprint density at radius 3 is 2.59 bits per heavy atom. The summed E-state index contributed by atoms with van der Waals surface area (Å²) in [6, 6.07) is 10.2. The van der Waals surface area contributed by atoms with Gasteiger partial charge in [0.2, 0.25) is 0 Å². The van der Waals surface area contributed by atoms with Crippen LogP contribution in [0.2, 0.25) is 0 Å². The molecule has 3 amide bonds. The molecule has 2 aromatic rings. The summed E-state index contributed by atoms with van der Waals surface area (Å²) in [4.78, 5) is 39.3. The summed E-state index contributed by atoms with van der Waals surface area (Å²) in [7, 11) is 0. The number of nitrogens with one attached hydrogen (secondary N) is 3. The number of carbonyl (C=O) groups excluding carboxylic acids is 3. The maximum Gasteiger partial charge on any atom is 0.329 e. The lowest BCUT2D eigenvalue weighted by Gasteiger charge is -2.11. The number of hydrogen-bond donors (Lipinski definition) is 3. The summed E-state index contributed by atoms with van der Waals surface area (Å²) < 4.78 is 10.9. The average Bonchev–Trinajstić information content (AvgIpc) is 3.35. The minimum absolute atomic E-state index is 0.0884. The van der Waals surface area contributed by atoms with E-state index in [0.717, 1.165) is 25.0 Å². The van der Waals surface area contributed by atoms with Gasteiger partial charge in [0, 0.05) is 32.1 Å². The number of rotatable bonds is 9. The van der Waals surface area contributed by atoms with Crippen molar-refractivity contribution in [2.45, 2.75) is 25.5 Å². The van der Waals surface area contributed by atoms with Gasteiger partial charge in [-0.25, -0.2) is 5.43 Å². The first-order chi connectivity index (χ1) is 15.6. The number of benzene rings is 1. The predicted octanol–water partition coefficient (Wildman–Crippen LogP) is 0.522. The number of hydrogen-bond acceptors (Lipinski definition) is 7. The zero-order chi connectivity index (χ0) is 22.6. The van der Waals surface area contributed by atoms with Crippen molar-refractivity contribution in [3.05, 3.63) is 59.9 Å². The normalized spacial score (nSPS) is 15.3. The van der Waals surface area contributed by atoms with Crippen molar-refractivity contribution in [1.29, 1.82) is 0 Å². The van der Waals surface area contributed by atoms with E-state index < -0.39 is 11.8 Å². The molecule has 32 heavy (non-hydrogen) atoms. The SMILES string of the molecule is O=C(COc1ccc(/C=N\NC(=O)C(=O)NCc2ccncc2)cc1)NC[C@H]1CCCO1. The molecular formula is C22H25N5O5. The molecule has 1 fully saturated rings. The number of ether oxygens (including phenoxy) is 2. The molecule has 1 aliphatic rings. The predicted molar refractivity (Wildman–Crippen MR) is 116 cm³/mol. The number of nitrogens with zero attached hydrogens (tertiary/aromatic N) is 2. The number of pyridine rings is 1. The van der Waals surface area contributed by atoms with E-state index in [0.29, 0.717) is 17.9 Å². The third-order valence-corrected chi connectivity index (χ3v) is 4.59. The van der Waals surface area contributed by atoms with E-state index in [1.807, 2.05) is 0 Å². The van der Waals surface area contributed by atoms with Gasteiger partial charge in [0.25, 0.3) is 5.91 Å². The highest BCUT2D eigenvalue weighted by molar-refractivity contribution is 6.35. The van der Waals surface area contributed by atoms with E-state index in [4.69, 9.17) is 9.47 Å². The third kappa shape index (κ3) is 7.80. The van der Waals surface area contributed by atoms with E-state index in [-0.39, 0.29) is 25.2 Å². The number of carbonyl (C=O) groups is 3. The van der Waals surface area contributed by atoms with Crippen molar-refractivity contribution in [2.24, 2.45) is 5.10 Å². The Morgan fingerprint density at radius 2 is 1.88 bits per heavy atom. The van der Waals surface area contributed by atoms with E-state index >= 15 is 0 Å². The monoisotopic (exact) mass is 439 g/mol. The van der Waals surface area contributed by atoms with Crippen LogP contribution < -0.4 is 20.8 Å². The molecule has 1 aromatic carbocycles. The number of amides is 3. The minimum Gasteiger partial charge on any atom is -0.484 e. The lowest BCUT2D eigenvalue weighted by molar-refractivity contribution is -0.139. The fraction of sp³-hybridized carbons (Fsp3) is 0.318. The van der Waals surface area contributed by atoms with Gasteiger partial charge in [-0.2, -0.15) is 5.10 Å². The van der Waals surface area contributed by atoms with E-state index in [1.165, 1.54) is 6.21 Å². The molecule has 3 rings (SSSR count). The molecule has 0 aliphatic carbocycles. The van der Waals surface area contributed by atoms with Gasteiger partial charge in [-0.05, 0) is 60.4 Å². The van der Waals surface area contributed by atoms with Gasteiger partial charge in [-0.15, -0.1) is 0 Å². The highest BCUT2D eigenvalue weighted by Gasteiger charge is 2.16. The zero-order valence-corrected chi connectivity index (χ0v) is 17.5. The largest absolute Gasteiger partial charge is 0.484 e. The van der Waals surface area contributed by atoms with Gasteiger partial charge in [0.05, 0.1) is 12.3 Å². The summed E-state index contributed by atoms with van der Waals surface area (Å²) >= 11 is 0. The van der Waals surface area contributed by atoms with E-state index in [9.17, 15) is 14.4 Å². The smallest absolute Gasteiger partial charge is 0.329 e. The Kier molecular flexibility index (Phi) is 8.70. The average molecular weight is 439 g/mol. The first-order valence-electron chi connectivity index (χ1n) is 10.2. The molecular weight excluding hydrogens is 414 g/mol. The van der Waals surface area contributed by atoms with Gasteiger partial charge >= 0.3 is 11.8 Å². The standard InChI is InChI=1S/C22H25N5O5/c28-20(24-14-19-2-1-11-31-19)15-32-18-5-3-16(4-6-18)13-26-27-22(30)21(29)25-12-17-7-9-23-10-8-17/h3-10,13,19H,1-2,11-12,14-15H2,(H,24,28)(H,25,29)(H,27,30)/b26-13-/t19-/m1/s1. The maximum absolute atomic E-state index is 11.8. The molecule has 0 bridgehead atoms. The molecule has 10 heteroatoms. The Labute approximate surface area is 185 Å². The Balaban J connectivity index is 1.34. The van der Waals surface area contributed by atoms with Gasteiger partial charge in [-0.1, -0.05) is 0 Å². The van der Waals surface area contributed by atoms with Crippen LogP contribution in [0, 0.1) is 0 Å². The van der Waals surface area contributed by atoms with Crippen LogP contribution in [0.4, 0.5) is 0 Å². The summed E-state index contributed by atoms with van der Waals surface area (Å²) in [5, 5.41) is 9.05. The number of hydrazone groups is 1. The molecule has 168 valence electrons. The Morgan fingerprint density at radius 1 is 1.09 bits per heavy atom. The van der Waals surface area contributed by atoms with Crippen molar-refractivity contribution in [1.82, 2.24) is 21.0 Å². The van der Waals surface area contributed by atoms with Crippen molar-refractivity contribution in [3.63, 3.8) is 0 Å². The highest BCUT2D eigenvalue weighted by atomic mass is 16.5. The second-order valence-electron chi connectivity index (χ2n) is 7.03. The van der Waals surface area contributed by atoms with Crippen LogP contribution in [0.15, 0.2) is 53.9 Å². The summed E-state index contributed by atoms with van der Waals surface area (Å²) in [5.41, 5.74) is 3.68. The fourth-order valence-corrected chi connectivity index (χ4v) is 2.86.